The van der Waals surface area contributed by atoms with Crippen molar-refractivity contribution in [2.75, 3.05) is 12.4 Å². The number of carbonyl (C=O) groups excluding carboxylic acids is 2. The maximum atomic E-state index is 11.5. The van der Waals surface area contributed by atoms with Crippen LogP contribution in [0, 0.1) is 0 Å². The Bertz CT molecular complexity index is 433. The van der Waals surface area contributed by atoms with E-state index in [9.17, 15) is 9.59 Å². The summed E-state index contributed by atoms with van der Waals surface area (Å²) in [6.45, 7) is 6.21. The number of carbonyl (C=O) groups is 2. The Morgan fingerprint density at radius 1 is 1.22 bits per heavy atom. The van der Waals surface area contributed by atoms with Crippen molar-refractivity contribution in [3.05, 3.63) is 24.0 Å². The molecule has 0 aliphatic carbocycles. The molecule has 1 aromatic heterocycles. The van der Waals surface area contributed by atoms with Crippen LogP contribution in [0.2, 0.25) is 0 Å². The molecule has 0 aliphatic rings. The monoisotopic (exact) mass is 249 g/mol. The first-order valence-corrected chi connectivity index (χ1v) is 5.80. The second-order valence-electron chi connectivity index (χ2n) is 5.08. The van der Waals surface area contributed by atoms with Gasteiger partial charge in [-0.3, -0.25) is 14.6 Å². The second-order valence-corrected chi connectivity index (χ2v) is 5.08. The Morgan fingerprint density at radius 2 is 1.89 bits per heavy atom. The fraction of sp³-hybridized carbons (Fsp3) is 0.462. The third-order valence-electron chi connectivity index (χ3n) is 2.42. The number of hydrogen-bond donors (Lipinski definition) is 2. The van der Waals surface area contributed by atoms with Gasteiger partial charge in [0, 0.05) is 18.2 Å². The molecule has 0 spiro atoms. The first kappa shape index (κ1) is 14.2. The molecule has 0 atom stereocenters. The lowest BCUT2D eigenvalue weighted by Crippen LogP contribution is -2.25. The van der Waals surface area contributed by atoms with Gasteiger partial charge in [-0.15, -0.1) is 0 Å². The lowest BCUT2D eigenvalue weighted by Gasteiger charge is -2.17. The fourth-order valence-electron chi connectivity index (χ4n) is 1.35. The molecule has 0 unspecified atom stereocenters. The minimum atomic E-state index is -0.348. The van der Waals surface area contributed by atoms with Gasteiger partial charge in [0.2, 0.25) is 11.8 Å². The van der Waals surface area contributed by atoms with Gasteiger partial charge < -0.3 is 10.6 Å². The van der Waals surface area contributed by atoms with Gasteiger partial charge in [0.15, 0.2) is 0 Å². The van der Waals surface area contributed by atoms with Gasteiger partial charge in [0.25, 0.3) is 0 Å². The van der Waals surface area contributed by atoms with E-state index in [1.807, 2.05) is 6.07 Å². The number of nitrogens with zero attached hydrogens (tertiary/aromatic N) is 1. The van der Waals surface area contributed by atoms with Crippen LogP contribution in [0.4, 0.5) is 5.69 Å². The molecule has 0 saturated heterocycles. The molecule has 5 heteroatoms. The number of anilines is 1. The van der Waals surface area contributed by atoms with Crippen molar-refractivity contribution in [1.29, 1.82) is 0 Å². The van der Waals surface area contributed by atoms with Gasteiger partial charge in [-0.25, -0.2) is 0 Å². The SMILES string of the molecule is CNC(=O)CC(=O)Nc1ccc(C(C)(C)C)nc1. The summed E-state index contributed by atoms with van der Waals surface area (Å²) < 4.78 is 0. The Hall–Kier alpha value is -1.91. The molecule has 18 heavy (non-hydrogen) atoms. The van der Waals surface area contributed by atoms with Crippen molar-refractivity contribution in [2.24, 2.45) is 0 Å². The molecule has 1 heterocycles. The van der Waals surface area contributed by atoms with Crippen molar-refractivity contribution in [1.82, 2.24) is 10.3 Å². The predicted molar refractivity (Wildman–Crippen MR) is 70.3 cm³/mol. The van der Waals surface area contributed by atoms with Gasteiger partial charge in [0.1, 0.15) is 6.42 Å². The number of hydrogen-bond acceptors (Lipinski definition) is 3. The molecule has 98 valence electrons. The smallest absolute Gasteiger partial charge is 0.233 e. The Labute approximate surface area is 107 Å². The molecule has 0 fully saturated rings. The van der Waals surface area contributed by atoms with Crippen LogP contribution in [0.25, 0.3) is 0 Å². The Kier molecular flexibility index (Phi) is 4.42. The van der Waals surface area contributed by atoms with Crippen LogP contribution in [0.15, 0.2) is 18.3 Å². The van der Waals surface area contributed by atoms with Crippen LogP contribution in [0.3, 0.4) is 0 Å². The van der Waals surface area contributed by atoms with E-state index in [2.05, 4.69) is 36.4 Å². The van der Waals surface area contributed by atoms with E-state index in [0.717, 1.165) is 5.69 Å². The molecule has 0 aromatic carbocycles. The lowest BCUT2D eigenvalue weighted by molar-refractivity contribution is -0.126. The van der Waals surface area contributed by atoms with E-state index in [4.69, 9.17) is 0 Å². The number of aromatic nitrogens is 1. The topological polar surface area (TPSA) is 71.1 Å². The Balaban J connectivity index is 2.64. The van der Waals surface area contributed by atoms with Gasteiger partial charge in [0.05, 0.1) is 11.9 Å². The summed E-state index contributed by atoms with van der Waals surface area (Å²) in [5.74, 6) is -0.661. The highest BCUT2D eigenvalue weighted by Crippen LogP contribution is 2.20. The van der Waals surface area contributed by atoms with Gasteiger partial charge in [-0.2, -0.15) is 0 Å². The maximum Gasteiger partial charge on any atom is 0.233 e. The van der Waals surface area contributed by atoms with Crippen LogP contribution < -0.4 is 10.6 Å². The highest BCUT2D eigenvalue weighted by Gasteiger charge is 2.15. The van der Waals surface area contributed by atoms with E-state index in [1.165, 1.54) is 7.05 Å². The van der Waals surface area contributed by atoms with E-state index in [-0.39, 0.29) is 23.7 Å². The normalized spacial score (nSPS) is 10.9. The lowest BCUT2D eigenvalue weighted by atomic mass is 9.92. The number of rotatable bonds is 3. The van der Waals surface area contributed by atoms with E-state index in [0.29, 0.717) is 5.69 Å². The summed E-state index contributed by atoms with van der Waals surface area (Å²) in [6, 6.07) is 3.66. The summed E-state index contributed by atoms with van der Waals surface area (Å²) in [4.78, 5) is 26.8. The zero-order valence-electron chi connectivity index (χ0n) is 11.2. The number of amides is 2. The van der Waals surface area contributed by atoms with Crippen molar-refractivity contribution in [2.45, 2.75) is 32.6 Å². The van der Waals surface area contributed by atoms with Gasteiger partial charge >= 0.3 is 0 Å². The minimum absolute atomic E-state index is 0.0232. The number of pyridine rings is 1. The predicted octanol–water partition coefficient (Wildman–Crippen LogP) is 1.45. The van der Waals surface area contributed by atoms with Crippen molar-refractivity contribution < 1.29 is 9.59 Å². The molecule has 1 aromatic rings. The van der Waals surface area contributed by atoms with E-state index in [1.54, 1.807) is 12.3 Å². The van der Waals surface area contributed by atoms with Crippen LogP contribution in [-0.2, 0) is 15.0 Å². The molecular weight excluding hydrogens is 230 g/mol. The van der Waals surface area contributed by atoms with Crippen LogP contribution in [-0.4, -0.2) is 23.8 Å². The van der Waals surface area contributed by atoms with Crippen LogP contribution >= 0.6 is 0 Å². The maximum absolute atomic E-state index is 11.5. The van der Waals surface area contributed by atoms with Crippen LogP contribution in [0.1, 0.15) is 32.9 Å². The molecule has 0 aliphatic heterocycles. The molecule has 0 radical (unpaired) electrons. The highest BCUT2D eigenvalue weighted by molar-refractivity contribution is 6.03. The van der Waals surface area contributed by atoms with E-state index >= 15 is 0 Å². The molecule has 2 N–H and O–H groups in total. The van der Waals surface area contributed by atoms with Crippen molar-refractivity contribution >= 4 is 17.5 Å². The van der Waals surface area contributed by atoms with Gasteiger partial charge in [-0.1, -0.05) is 20.8 Å². The largest absolute Gasteiger partial charge is 0.359 e. The third kappa shape index (κ3) is 4.16. The standard InChI is InChI=1S/C13H19N3O2/c1-13(2,3)10-6-5-9(8-15-10)16-12(18)7-11(17)14-4/h5-6,8H,7H2,1-4H3,(H,14,17)(H,16,18). The van der Waals surface area contributed by atoms with Crippen molar-refractivity contribution in [3.63, 3.8) is 0 Å². The zero-order chi connectivity index (χ0) is 13.8. The molecule has 2 amide bonds. The summed E-state index contributed by atoms with van der Waals surface area (Å²) in [5, 5.41) is 5.02. The summed E-state index contributed by atoms with van der Waals surface area (Å²) >= 11 is 0. The molecule has 0 saturated carbocycles. The zero-order valence-corrected chi connectivity index (χ0v) is 11.2. The third-order valence-corrected chi connectivity index (χ3v) is 2.42. The number of nitrogens with one attached hydrogen (secondary N) is 2. The van der Waals surface area contributed by atoms with E-state index < -0.39 is 0 Å². The average molecular weight is 249 g/mol. The highest BCUT2D eigenvalue weighted by atomic mass is 16.2. The van der Waals surface area contributed by atoms with Crippen LogP contribution in [0.5, 0.6) is 0 Å². The molecule has 0 bridgehead atoms. The first-order valence-electron chi connectivity index (χ1n) is 5.80. The average Bonchev–Trinajstić information content (AvgIpc) is 2.28. The molecule has 1 rings (SSSR count). The minimum Gasteiger partial charge on any atom is -0.359 e. The molecular formula is C13H19N3O2. The molecule has 5 nitrogen and oxygen atoms in total. The first-order chi connectivity index (χ1) is 8.32. The summed E-state index contributed by atoms with van der Waals surface area (Å²) in [5.41, 5.74) is 1.52. The van der Waals surface area contributed by atoms with Crippen molar-refractivity contribution in [3.8, 4) is 0 Å². The fourth-order valence-corrected chi connectivity index (χ4v) is 1.35. The second kappa shape index (κ2) is 5.62. The summed E-state index contributed by atoms with van der Waals surface area (Å²) in [6.07, 6.45) is 1.42. The van der Waals surface area contributed by atoms with Gasteiger partial charge in [-0.05, 0) is 12.1 Å². The summed E-state index contributed by atoms with van der Waals surface area (Å²) in [7, 11) is 1.50. The Morgan fingerprint density at radius 3 is 2.33 bits per heavy atom. The quantitative estimate of drug-likeness (QED) is 0.796.